The van der Waals surface area contributed by atoms with Gasteiger partial charge in [-0.2, -0.15) is 4.57 Å². The van der Waals surface area contributed by atoms with Gasteiger partial charge in [0.05, 0.1) is 10.5 Å². The molecule has 7 rings (SSSR count). The fourth-order valence-electron chi connectivity index (χ4n) is 5.18. The van der Waals surface area contributed by atoms with Gasteiger partial charge in [0.1, 0.15) is 41.6 Å². The van der Waals surface area contributed by atoms with Crippen molar-refractivity contribution in [1.82, 2.24) is 9.97 Å². The number of ether oxygens (including phenoxy) is 1. The van der Waals surface area contributed by atoms with Gasteiger partial charge in [-0.1, -0.05) is 53.3 Å². The molecule has 5 nitrogen and oxygen atoms in total. The Morgan fingerprint density at radius 3 is 2.65 bits per heavy atom. The Morgan fingerprint density at radius 2 is 1.80 bits per heavy atom. The highest BCUT2D eigenvalue weighted by atomic mass is 127. The molecule has 1 N–H and O–H groups in total. The van der Waals surface area contributed by atoms with E-state index < -0.39 is 0 Å². The monoisotopic (exact) mass is 776 g/mol. The SMILES string of the molecule is CC[n+]1c(/C=C/c2ccc(-c3ccc4ncnc(Nc5ccc(OCc6cccc(F)c6)c(Cl)c5)c4c3)s2)sc2ccccc21.[I-]. The van der Waals surface area contributed by atoms with E-state index in [1.807, 2.05) is 29.5 Å². The van der Waals surface area contributed by atoms with Crippen LogP contribution in [0.15, 0.2) is 103 Å². The van der Waals surface area contributed by atoms with Gasteiger partial charge in [0.25, 0.3) is 5.01 Å². The Kier molecular flexibility index (Phi) is 9.93. The van der Waals surface area contributed by atoms with Crippen LogP contribution in [0.4, 0.5) is 15.9 Å². The molecule has 3 heterocycles. The lowest BCUT2D eigenvalue weighted by Gasteiger charge is -2.12. The molecule has 0 unspecified atom stereocenters. The van der Waals surface area contributed by atoms with E-state index >= 15 is 0 Å². The number of fused-ring (bicyclic) bond motifs is 2. The number of hydrogen-bond donors (Lipinski definition) is 1. The molecule has 0 aliphatic rings. The van der Waals surface area contributed by atoms with Crippen LogP contribution in [-0.2, 0) is 13.2 Å². The summed E-state index contributed by atoms with van der Waals surface area (Å²) in [4.78, 5) is 11.4. The van der Waals surface area contributed by atoms with E-state index in [0.29, 0.717) is 16.6 Å². The summed E-state index contributed by atoms with van der Waals surface area (Å²) in [6, 6.07) is 30.8. The molecule has 0 aliphatic heterocycles. The highest BCUT2D eigenvalue weighted by Crippen LogP contribution is 2.35. The normalized spacial score (nSPS) is 11.3. The minimum atomic E-state index is -0.300. The lowest BCUT2D eigenvalue weighted by Crippen LogP contribution is -3.00. The van der Waals surface area contributed by atoms with Crippen molar-refractivity contribution in [2.24, 2.45) is 0 Å². The van der Waals surface area contributed by atoms with Gasteiger partial charge in [-0.05, 0) is 84.8 Å². The lowest BCUT2D eigenvalue weighted by atomic mass is 10.1. The first-order valence-corrected chi connectivity index (χ1v) is 16.4. The highest BCUT2D eigenvalue weighted by molar-refractivity contribution is 7.19. The molecule has 3 aromatic heterocycles. The number of rotatable bonds is 9. The number of nitrogens with zero attached hydrogens (tertiary/aromatic N) is 3. The molecule has 0 spiro atoms. The number of anilines is 2. The standard InChI is InChI=1S/C36H26ClFN4OS2.HI/c1-2-42-31-8-3-4-9-34(31)45-35(42)17-13-27-12-16-33(44-27)24-10-14-30-28(19-24)36(40-22-39-30)41-26-11-15-32(29(37)20-26)43-21-23-6-5-7-25(38)18-23;/h3-20,22H,2,21H2,1H3;1H. The van der Waals surface area contributed by atoms with Gasteiger partial charge >= 0.3 is 0 Å². The molecule has 0 aliphatic carbocycles. The van der Waals surface area contributed by atoms with Crippen molar-refractivity contribution in [3.8, 4) is 16.2 Å². The molecule has 0 fully saturated rings. The van der Waals surface area contributed by atoms with Crippen LogP contribution in [0.3, 0.4) is 0 Å². The van der Waals surface area contributed by atoms with Crippen LogP contribution in [0.5, 0.6) is 5.75 Å². The van der Waals surface area contributed by atoms with E-state index in [1.54, 1.807) is 35.9 Å². The molecule has 0 saturated heterocycles. The quantitative estimate of drug-likeness (QED) is 0.125. The van der Waals surface area contributed by atoms with Gasteiger partial charge in [-0.15, -0.1) is 11.3 Å². The average molecular weight is 777 g/mol. The predicted molar refractivity (Wildman–Crippen MR) is 185 cm³/mol. The van der Waals surface area contributed by atoms with Crippen LogP contribution < -0.4 is 38.6 Å². The average Bonchev–Trinajstić information content (AvgIpc) is 3.68. The van der Waals surface area contributed by atoms with E-state index in [9.17, 15) is 4.39 Å². The lowest BCUT2D eigenvalue weighted by molar-refractivity contribution is -0.665. The number of para-hydroxylation sites is 1. The second-order valence-electron chi connectivity index (χ2n) is 10.3. The zero-order valence-electron chi connectivity index (χ0n) is 24.6. The maximum absolute atomic E-state index is 13.5. The molecular weight excluding hydrogens is 750 g/mol. The third-order valence-electron chi connectivity index (χ3n) is 7.37. The van der Waals surface area contributed by atoms with Crippen molar-refractivity contribution in [2.45, 2.75) is 20.1 Å². The van der Waals surface area contributed by atoms with Crippen molar-refractivity contribution < 1.29 is 37.7 Å². The molecular formula is C36H27ClFIN4OS2. The van der Waals surface area contributed by atoms with Gasteiger partial charge in [0.15, 0.2) is 0 Å². The molecule has 7 aromatic rings. The molecule has 4 aromatic carbocycles. The first-order valence-electron chi connectivity index (χ1n) is 14.4. The van der Waals surface area contributed by atoms with Gasteiger partial charge in [-0.3, -0.25) is 0 Å². The van der Waals surface area contributed by atoms with Crippen LogP contribution in [0.25, 0.3) is 43.7 Å². The summed E-state index contributed by atoms with van der Waals surface area (Å²) in [6.07, 6.45) is 5.95. The van der Waals surface area contributed by atoms with Crippen molar-refractivity contribution >= 4 is 79.1 Å². The van der Waals surface area contributed by atoms with E-state index in [-0.39, 0.29) is 36.4 Å². The number of aromatic nitrogens is 3. The van der Waals surface area contributed by atoms with Crippen molar-refractivity contribution in [2.75, 3.05) is 5.32 Å². The Hall–Kier alpha value is -3.90. The van der Waals surface area contributed by atoms with Crippen molar-refractivity contribution in [3.63, 3.8) is 0 Å². The fourth-order valence-corrected chi connectivity index (χ4v) is 7.45. The van der Waals surface area contributed by atoms with Gasteiger partial charge < -0.3 is 34.0 Å². The highest BCUT2D eigenvalue weighted by Gasteiger charge is 2.16. The third kappa shape index (κ3) is 6.92. The van der Waals surface area contributed by atoms with Crippen molar-refractivity contribution in [1.29, 1.82) is 0 Å². The zero-order chi connectivity index (χ0) is 30.8. The minimum Gasteiger partial charge on any atom is -1.00 e. The van der Waals surface area contributed by atoms with Crippen LogP contribution >= 0.6 is 34.3 Å². The summed E-state index contributed by atoms with van der Waals surface area (Å²) in [5.74, 6) is 0.892. The van der Waals surface area contributed by atoms with E-state index in [0.717, 1.165) is 39.1 Å². The Labute approximate surface area is 296 Å². The fraction of sp³-hybridized carbons (Fsp3) is 0.0833. The third-order valence-corrected chi connectivity index (χ3v) is 9.89. The van der Waals surface area contributed by atoms with E-state index in [1.165, 1.54) is 32.2 Å². The maximum atomic E-state index is 13.5. The van der Waals surface area contributed by atoms with Gasteiger partial charge in [0.2, 0.25) is 5.52 Å². The molecule has 10 heteroatoms. The predicted octanol–water partition coefficient (Wildman–Crippen LogP) is 7.17. The van der Waals surface area contributed by atoms with Crippen molar-refractivity contribution in [3.05, 3.63) is 130 Å². The second-order valence-corrected chi connectivity index (χ2v) is 12.9. The Balaban J connectivity index is 0.00000372. The van der Waals surface area contributed by atoms with Crippen LogP contribution in [-0.4, -0.2) is 9.97 Å². The number of aryl methyl sites for hydroxylation is 1. The number of thiophene rings is 1. The molecule has 46 heavy (non-hydrogen) atoms. The second kappa shape index (κ2) is 14.3. The summed E-state index contributed by atoms with van der Waals surface area (Å²) in [5.41, 5.74) is 4.69. The maximum Gasteiger partial charge on any atom is 0.262 e. The summed E-state index contributed by atoms with van der Waals surface area (Å²) in [6.45, 7) is 3.32. The molecule has 230 valence electrons. The van der Waals surface area contributed by atoms with Crippen LogP contribution in [0.1, 0.15) is 22.4 Å². The van der Waals surface area contributed by atoms with Crippen LogP contribution in [0.2, 0.25) is 5.02 Å². The molecule has 0 amide bonds. The minimum absolute atomic E-state index is 0. The number of nitrogens with one attached hydrogen (secondary N) is 1. The molecule has 0 bridgehead atoms. The molecule has 0 atom stereocenters. The topological polar surface area (TPSA) is 50.9 Å². The van der Waals surface area contributed by atoms with Gasteiger partial charge in [0, 0.05) is 33.0 Å². The zero-order valence-corrected chi connectivity index (χ0v) is 29.1. The Morgan fingerprint density at radius 1 is 0.913 bits per heavy atom. The summed E-state index contributed by atoms with van der Waals surface area (Å²) >= 11 is 10.1. The first-order chi connectivity index (χ1) is 22.0. The number of benzene rings is 4. The number of hydrogen-bond acceptors (Lipinski definition) is 6. The first kappa shape index (κ1) is 32.1. The summed E-state index contributed by atoms with van der Waals surface area (Å²) < 4.78 is 23.0. The smallest absolute Gasteiger partial charge is 0.262 e. The van der Waals surface area contributed by atoms with Crippen LogP contribution in [0, 0.1) is 5.82 Å². The summed E-state index contributed by atoms with van der Waals surface area (Å²) in [5, 5.41) is 5.97. The Bertz CT molecular complexity index is 2200. The molecule has 0 saturated carbocycles. The summed E-state index contributed by atoms with van der Waals surface area (Å²) in [7, 11) is 0. The van der Waals surface area contributed by atoms with E-state index in [2.05, 4.69) is 87.5 Å². The van der Waals surface area contributed by atoms with Gasteiger partial charge in [-0.25, -0.2) is 14.4 Å². The number of thiazole rings is 1. The number of halogens is 3. The molecule has 0 radical (unpaired) electrons. The van der Waals surface area contributed by atoms with E-state index in [4.69, 9.17) is 16.3 Å². The largest absolute Gasteiger partial charge is 1.00 e.